The largest absolute Gasteiger partial charge is 0.444 e. The van der Waals surface area contributed by atoms with E-state index in [1.165, 1.54) is 0 Å². The number of nitrogens with zero attached hydrogens (tertiary/aromatic N) is 2. The van der Waals surface area contributed by atoms with Crippen LogP contribution in [0.25, 0.3) is 0 Å². The summed E-state index contributed by atoms with van der Waals surface area (Å²) in [4.78, 5) is 28.4. The summed E-state index contributed by atoms with van der Waals surface area (Å²) in [6.07, 6.45) is 5.25. The van der Waals surface area contributed by atoms with Gasteiger partial charge >= 0.3 is 6.09 Å². The highest BCUT2D eigenvalue weighted by molar-refractivity contribution is 5.85. The van der Waals surface area contributed by atoms with Gasteiger partial charge in [0.2, 0.25) is 5.91 Å². The molecule has 2 N–H and O–H groups in total. The number of piperidine rings is 1. The van der Waals surface area contributed by atoms with E-state index in [-0.39, 0.29) is 18.1 Å². The van der Waals surface area contributed by atoms with Crippen LogP contribution in [0.1, 0.15) is 46.5 Å². The molecule has 7 heteroatoms. The first-order chi connectivity index (χ1) is 11.7. The van der Waals surface area contributed by atoms with E-state index in [9.17, 15) is 9.59 Å². The molecule has 0 aromatic carbocycles. The number of hydrogen-bond acceptors (Lipinski definition) is 5. The number of nitrogens with two attached hydrogens (primary N) is 1. The van der Waals surface area contributed by atoms with E-state index in [0.29, 0.717) is 38.7 Å². The second-order valence-electron chi connectivity index (χ2n) is 8.39. The van der Waals surface area contributed by atoms with Crippen molar-refractivity contribution in [1.82, 2.24) is 9.80 Å². The predicted octanol–water partition coefficient (Wildman–Crippen LogP) is 1.31. The Balaban J connectivity index is 1.64. The second-order valence-corrected chi connectivity index (χ2v) is 8.39. The van der Waals surface area contributed by atoms with Crippen molar-refractivity contribution in [1.29, 1.82) is 0 Å². The number of carbonyl (C=O) groups is 2. The average Bonchev–Trinajstić information content (AvgIpc) is 2.73. The van der Waals surface area contributed by atoms with Crippen LogP contribution in [0.15, 0.2) is 0 Å². The zero-order chi connectivity index (χ0) is 18.2. The van der Waals surface area contributed by atoms with Crippen LogP contribution in [0, 0.1) is 6.42 Å². The van der Waals surface area contributed by atoms with Gasteiger partial charge in [-0.05, 0) is 52.9 Å². The van der Waals surface area contributed by atoms with Gasteiger partial charge in [0, 0.05) is 19.1 Å². The van der Waals surface area contributed by atoms with Crippen molar-refractivity contribution < 1.29 is 19.1 Å². The summed E-state index contributed by atoms with van der Waals surface area (Å²) in [7, 11) is 0. The zero-order valence-corrected chi connectivity index (χ0v) is 15.5. The van der Waals surface area contributed by atoms with E-state index in [1.807, 2.05) is 20.8 Å². The molecule has 3 fully saturated rings. The van der Waals surface area contributed by atoms with E-state index in [1.54, 1.807) is 4.90 Å². The van der Waals surface area contributed by atoms with E-state index < -0.39 is 11.1 Å². The number of rotatable bonds is 3. The normalized spacial score (nSPS) is 33.3. The highest BCUT2D eigenvalue weighted by Crippen LogP contribution is 2.43. The molecule has 1 unspecified atom stereocenters. The zero-order valence-electron chi connectivity index (χ0n) is 15.5. The van der Waals surface area contributed by atoms with Gasteiger partial charge in [-0.1, -0.05) is 0 Å². The number of amides is 2. The minimum absolute atomic E-state index is 0.126. The molecular weight excluding hydrogens is 322 g/mol. The van der Waals surface area contributed by atoms with Crippen LogP contribution >= 0.6 is 0 Å². The molecule has 3 aliphatic rings. The summed E-state index contributed by atoms with van der Waals surface area (Å²) in [6, 6.07) is 0.349. The van der Waals surface area contributed by atoms with Gasteiger partial charge < -0.3 is 20.1 Å². The lowest BCUT2D eigenvalue weighted by molar-refractivity contribution is -0.133. The van der Waals surface area contributed by atoms with Crippen LogP contribution in [0.3, 0.4) is 0 Å². The van der Waals surface area contributed by atoms with Gasteiger partial charge in [-0.15, -0.1) is 0 Å². The maximum atomic E-state index is 12.3. The van der Waals surface area contributed by atoms with Crippen LogP contribution < -0.4 is 5.73 Å². The van der Waals surface area contributed by atoms with Gasteiger partial charge in [0.25, 0.3) is 0 Å². The summed E-state index contributed by atoms with van der Waals surface area (Å²) in [5.41, 5.74) is 4.67. The molecule has 3 heterocycles. The molecule has 141 valence electrons. The molecule has 3 rings (SSSR count). The van der Waals surface area contributed by atoms with E-state index >= 15 is 0 Å². The Morgan fingerprint density at radius 1 is 1.40 bits per heavy atom. The van der Waals surface area contributed by atoms with Gasteiger partial charge in [-0.3, -0.25) is 9.69 Å². The van der Waals surface area contributed by atoms with Crippen molar-refractivity contribution in [2.75, 3.05) is 26.2 Å². The van der Waals surface area contributed by atoms with Gasteiger partial charge in [-0.2, -0.15) is 0 Å². The van der Waals surface area contributed by atoms with Gasteiger partial charge in [-0.25, -0.2) is 4.79 Å². The molecule has 0 spiro atoms. The highest BCUT2D eigenvalue weighted by Gasteiger charge is 2.53. The Morgan fingerprint density at radius 3 is 2.84 bits per heavy atom. The van der Waals surface area contributed by atoms with Crippen LogP contribution in [0.2, 0.25) is 0 Å². The van der Waals surface area contributed by atoms with Crippen molar-refractivity contribution in [3.63, 3.8) is 0 Å². The van der Waals surface area contributed by atoms with Crippen molar-refractivity contribution in [3.8, 4) is 0 Å². The van der Waals surface area contributed by atoms with Gasteiger partial charge in [0.1, 0.15) is 11.1 Å². The Kier molecular flexibility index (Phi) is 4.99. The Hall–Kier alpha value is -1.34. The number of hydrogen-bond donors (Lipinski definition) is 1. The number of carbonyl (C=O) groups excluding carboxylic acids is 2. The minimum Gasteiger partial charge on any atom is -0.444 e. The van der Waals surface area contributed by atoms with Crippen LogP contribution in [0.5, 0.6) is 0 Å². The first kappa shape index (κ1) is 18.5. The SMILES string of the molecule is CC(C)(C)OC(=O)N1CCOC(CN2[C@@H]3C[CH]C[C@@]2(C(N)=O)CC3)C1. The molecule has 3 atom stereocenters. The van der Waals surface area contributed by atoms with Crippen molar-refractivity contribution in [3.05, 3.63) is 6.42 Å². The summed E-state index contributed by atoms with van der Waals surface area (Å²) < 4.78 is 11.4. The lowest BCUT2D eigenvalue weighted by Crippen LogP contribution is -2.61. The first-order valence-electron chi connectivity index (χ1n) is 9.19. The van der Waals surface area contributed by atoms with Crippen molar-refractivity contribution in [2.45, 2.75) is 69.7 Å². The second kappa shape index (κ2) is 6.76. The molecule has 25 heavy (non-hydrogen) atoms. The molecule has 0 aromatic heterocycles. The third-order valence-corrected chi connectivity index (χ3v) is 5.45. The minimum atomic E-state index is -0.569. The Morgan fingerprint density at radius 2 is 2.16 bits per heavy atom. The lowest BCUT2D eigenvalue weighted by atomic mass is 9.87. The maximum absolute atomic E-state index is 12.3. The first-order valence-corrected chi connectivity index (χ1v) is 9.19. The summed E-state index contributed by atoms with van der Waals surface area (Å²) >= 11 is 0. The molecule has 0 saturated carbocycles. The van der Waals surface area contributed by atoms with E-state index in [0.717, 1.165) is 19.3 Å². The van der Waals surface area contributed by atoms with Crippen molar-refractivity contribution >= 4 is 12.0 Å². The third kappa shape index (κ3) is 3.77. The molecule has 0 aromatic rings. The van der Waals surface area contributed by atoms with Gasteiger partial charge in [0.05, 0.1) is 19.3 Å². The molecule has 1 radical (unpaired) electrons. The fourth-order valence-corrected chi connectivity index (χ4v) is 4.26. The van der Waals surface area contributed by atoms with Gasteiger partial charge in [0.15, 0.2) is 0 Å². The Labute approximate surface area is 149 Å². The lowest BCUT2D eigenvalue weighted by Gasteiger charge is -2.45. The monoisotopic (exact) mass is 352 g/mol. The Bertz CT molecular complexity index is 529. The molecular formula is C18H30N3O4. The fraction of sp³-hybridized carbons (Fsp3) is 0.833. The fourth-order valence-electron chi connectivity index (χ4n) is 4.26. The topological polar surface area (TPSA) is 85.1 Å². The summed E-state index contributed by atoms with van der Waals surface area (Å²) in [5, 5.41) is 0. The molecule has 0 aliphatic carbocycles. The smallest absolute Gasteiger partial charge is 0.410 e. The molecule has 2 amide bonds. The van der Waals surface area contributed by atoms with E-state index in [2.05, 4.69) is 11.3 Å². The molecule has 7 nitrogen and oxygen atoms in total. The highest BCUT2D eigenvalue weighted by atomic mass is 16.6. The number of fused-ring (bicyclic) bond motifs is 2. The molecule has 3 aliphatic heterocycles. The molecule has 2 bridgehead atoms. The standard InChI is InChI=1S/C18H30N3O4/c1-17(2,3)25-16(23)20-9-10-24-14(11-20)12-21-13-5-4-7-18(21,8-6-13)15(19)22/h4,13-14H,5-12H2,1-3H3,(H2,19,22)/t13-,14?,18+/m1/s1. The number of morpholine rings is 1. The van der Waals surface area contributed by atoms with E-state index in [4.69, 9.17) is 15.2 Å². The maximum Gasteiger partial charge on any atom is 0.410 e. The van der Waals surface area contributed by atoms with Crippen molar-refractivity contribution in [2.24, 2.45) is 5.73 Å². The predicted molar refractivity (Wildman–Crippen MR) is 92.7 cm³/mol. The molecule has 3 saturated heterocycles. The van der Waals surface area contributed by atoms with Crippen LogP contribution in [-0.4, -0.2) is 71.3 Å². The quantitative estimate of drug-likeness (QED) is 0.828. The number of primary amides is 1. The summed E-state index contributed by atoms with van der Waals surface area (Å²) in [6.45, 7) is 7.71. The average molecular weight is 352 g/mol. The van der Waals surface area contributed by atoms with Crippen LogP contribution in [0.4, 0.5) is 4.79 Å². The third-order valence-electron chi connectivity index (χ3n) is 5.45. The van der Waals surface area contributed by atoms with Crippen LogP contribution in [-0.2, 0) is 14.3 Å². The number of ether oxygens (including phenoxy) is 2. The summed E-state index contributed by atoms with van der Waals surface area (Å²) in [5.74, 6) is -0.245.